The number of aliphatic hydroxyl groups is 1. The first-order chi connectivity index (χ1) is 7.15. The van der Waals surface area contributed by atoms with Crippen molar-refractivity contribution in [1.82, 2.24) is 0 Å². The molecular formula is C11H18FNOS. The van der Waals surface area contributed by atoms with Gasteiger partial charge < -0.3 is 10.8 Å². The fourth-order valence-corrected chi connectivity index (χ4v) is 1.26. The van der Waals surface area contributed by atoms with E-state index >= 15 is 0 Å². The molecule has 1 aromatic carbocycles. The lowest BCUT2D eigenvalue weighted by Gasteiger charge is -2.14. The first-order valence-electron chi connectivity index (χ1n) is 4.97. The van der Waals surface area contributed by atoms with Crippen molar-refractivity contribution in [2.24, 2.45) is 5.73 Å². The number of hydrogen-bond acceptors (Lipinski definition) is 3. The predicted octanol–water partition coefficient (Wildman–Crippen LogP) is 3.07. The van der Waals surface area contributed by atoms with Gasteiger partial charge in [-0.1, -0.05) is 26.0 Å². The first-order valence-corrected chi connectivity index (χ1v) is 5.69. The molecule has 86 valence electrons. The molecule has 1 rings (SSSR count). The molecule has 0 spiro atoms. The third-order valence-electron chi connectivity index (χ3n) is 1.81. The molecule has 0 aliphatic carbocycles. The van der Waals surface area contributed by atoms with Crippen LogP contribution in [0.2, 0.25) is 0 Å². The number of halogens is 1. The van der Waals surface area contributed by atoms with Crippen LogP contribution in [-0.2, 0) is 0 Å². The number of nitrogens with two attached hydrogens (primary N) is 1. The Bertz CT molecular complexity index is 264. The van der Waals surface area contributed by atoms with Crippen molar-refractivity contribution in [3.63, 3.8) is 0 Å². The van der Waals surface area contributed by atoms with Gasteiger partial charge in [-0.15, -0.1) is 0 Å². The second kappa shape index (κ2) is 7.68. The summed E-state index contributed by atoms with van der Waals surface area (Å²) in [7, 11) is 0. The van der Waals surface area contributed by atoms with Crippen LogP contribution in [0.1, 0.15) is 32.4 Å². The van der Waals surface area contributed by atoms with E-state index in [9.17, 15) is 8.99 Å². The van der Waals surface area contributed by atoms with Gasteiger partial charge in [-0.05, 0) is 24.6 Å². The van der Waals surface area contributed by atoms with Crippen LogP contribution in [0.3, 0.4) is 0 Å². The summed E-state index contributed by atoms with van der Waals surface area (Å²) in [6, 6.07) is 6.27. The summed E-state index contributed by atoms with van der Waals surface area (Å²) >= 11 is 0.185. The van der Waals surface area contributed by atoms with Gasteiger partial charge in [0, 0.05) is 10.9 Å². The zero-order valence-electron chi connectivity index (χ0n) is 9.27. The molecule has 0 aliphatic heterocycles. The highest BCUT2D eigenvalue weighted by atomic mass is 32.2. The second-order valence-corrected chi connectivity index (χ2v) is 3.58. The molecular weight excluding hydrogens is 213 g/mol. The van der Waals surface area contributed by atoms with Crippen molar-refractivity contribution >= 4 is 12.1 Å². The average Bonchev–Trinajstić information content (AvgIpc) is 2.31. The number of benzene rings is 1. The van der Waals surface area contributed by atoms with E-state index in [-0.39, 0.29) is 18.2 Å². The molecule has 0 heterocycles. The maximum atomic E-state index is 12.0. The highest BCUT2D eigenvalue weighted by Crippen LogP contribution is 2.22. The van der Waals surface area contributed by atoms with Crippen LogP contribution in [0.5, 0.6) is 0 Å². The van der Waals surface area contributed by atoms with Gasteiger partial charge in [-0.3, -0.25) is 0 Å². The fourth-order valence-electron chi connectivity index (χ4n) is 1.02. The van der Waals surface area contributed by atoms with E-state index < -0.39 is 6.10 Å². The van der Waals surface area contributed by atoms with Gasteiger partial charge in [0.2, 0.25) is 0 Å². The van der Waals surface area contributed by atoms with Gasteiger partial charge in [0.25, 0.3) is 0 Å². The maximum absolute atomic E-state index is 12.0. The summed E-state index contributed by atoms with van der Waals surface area (Å²) in [6.07, 6.45) is -0.682. The molecule has 0 fully saturated rings. The van der Waals surface area contributed by atoms with E-state index in [1.54, 1.807) is 31.2 Å². The molecule has 0 bridgehead atoms. The third-order valence-corrected chi connectivity index (χ3v) is 2.26. The Kier molecular flexibility index (Phi) is 7.38. The van der Waals surface area contributed by atoms with Crippen LogP contribution >= 0.6 is 12.1 Å². The molecule has 0 saturated heterocycles. The lowest BCUT2D eigenvalue weighted by Crippen LogP contribution is -2.24. The zero-order chi connectivity index (χ0) is 11.8. The molecule has 0 aliphatic rings. The Hall–Kier alpha value is -0.580. The van der Waals surface area contributed by atoms with Gasteiger partial charge in [0.05, 0.1) is 18.3 Å². The molecule has 4 heteroatoms. The topological polar surface area (TPSA) is 46.2 Å². The molecule has 15 heavy (non-hydrogen) atoms. The Morgan fingerprint density at radius 3 is 2.07 bits per heavy atom. The average molecular weight is 231 g/mol. The van der Waals surface area contributed by atoms with E-state index in [2.05, 4.69) is 0 Å². The van der Waals surface area contributed by atoms with Crippen LogP contribution in [-0.4, -0.2) is 11.1 Å². The minimum absolute atomic E-state index is 0.185. The van der Waals surface area contributed by atoms with Crippen molar-refractivity contribution < 1.29 is 8.99 Å². The van der Waals surface area contributed by atoms with Crippen LogP contribution in [0, 0.1) is 0 Å². The summed E-state index contributed by atoms with van der Waals surface area (Å²) in [4.78, 5) is 0.528. The van der Waals surface area contributed by atoms with Crippen LogP contribution in [0.4, 0.5) is 3.89 Å². The van der Waals surface area contributed by atoms with Gasteiger partial charge in [-0.25, -0.2) is 0 Å². The van der Waals surface area contributed by atoms with Gasteiger partial charge in [0.15, 0.2) is 0 Å². The second-order valence-electron chi connectivity index (χ2n) is 2.95. The lowest BCUT2D eigenvalue weighted by atomic mass is 10.0. The summed E-state index contributed by atoms with van der Waals surface area (Å²) < 4.78 is 12.0. The van der Waals surface area contributed by atoms with E-state index in [1.165, 1.54) is 0 Å². The number of rotatable bonds is 3. The molecule has 0 amide bonds. The Morgan fingerprint density at radius 2 is 1.73 bits per heavy atom. The van der Waals surface area contributed by atoms with Gasteiger partial charge in [-0.2, -0.15) is 3.89 Å². The Morgan fingerprint density at radius 1 is 1.27 bits per heavy atom. The van der Waals surface area contributed by atoms with Crippen molar-refractivity contribution in [2.45, 2.75) is 37.8 Å². The smallest absolute Gasteiger partial charge is 0.0938 e. The molecule has 0 radical (unpaired) electrons. The molecule has 0 saturated carbocycles. The summed E-state index contributed by atoms with van der Waals surface area (Å²) in [5.74, 6) is 0. The SMILES string of the molecule is CC.CC(N)C(O)c1ccc(SF)cc1. The largest absolute Gasteiger partial charge is 0.387 e. The highest BCUT2D eigenvalue weighted by Gasteiger charge is 2.11. The van der Waals surface area contributed by atoms with E-state index in [0.717, 1.165) is 0 Å². The van der Waals surface area contributed by atoms with E-state index in [4.69, 9.17) is 5.73 Å². The normalized spacial score (nSPS) is 13.7. The minimum atomic E-state index is -0.682. The van der Waals surface area contributed by atoms with Crippen molar-refractivity contribution in [2.75, 3.05) is 0 Å². The summed E-state index contributed by atoms with van der Waals surface area (Å²) in [5.41, 5.74) is 6.22. The van der Waals surface area contributed by atoms with Crippen molar-refractivity contribution in [1.29, 1.82) is 0 Å². The standard InChI is InChI=1S/C9H12FNOS.C2H6/c1-6(11)9(12)7-2-4-8(13-10)5-3-7;1-2/h2-6,9,12H,11H2,1H3;1-2H3. The van der Waals surface area contributed by atoms with Gasteiger partial charge in [0.1, 0.15) is 0 Å². The lowest BCUT2D eigenvalue weighted by molar-refractivity contribution is 0.153. The Balaban J connectivity index is 0.000000921. The van der Waals surface area contributed by atoms with Crippen molar-refractivity contribution in [3.8, 4) is 0 Å². The van der Waals surface area contributed by atoms with E-state index in [0.29, 0.717) is 10.5 Å². The molecule has 1 aromatic rings. The Labute approximate surface area is 95.0 Å². The molecule has 2 unspecified atom stereocenters. The molecule has 3 N–H and O–H groups in total. The highest BCUT2D eigenvalue weighted by molar-refractivity contribution is 7.94. The summed E-state index contributed by atoms with van der Waals surface area (Å²) in [6.45, 7) is 5.72. The molecule has 2 nitrogen and oxygen atoms in total. The van der Waals surface area contributed by atoms with Crippen LogP contribution in [0.15, 0.2) is 29.2 Å². The first kappa shape index (κ1) is 14.4. The minimum Gasteiger partial charge on any atom is -0.387 e. The van der Waals surface area contributed by atoms with E-state index in [1.807, 2.05) is 13.8 Å². The molecule has 0 aromatic heterocycles. The predicted molar refractivity (Wildman–Crippen MR) is 63.4 cm³/mol. The fraction of sp³-hybridized carbons (Fsp3) is 0.455. The van der Waals surface area contributed by atoms with Crippen LogP contribution in [0.25, 0.3) is 0 Å². The van der Waals surface area contributed by atoms with Gasteiger partial charge >= 0.3 is 0 Å². The number of aliphatic hydroxyl groups excluding tert-OH is 1. The monoisotopic (exact) mass is 231 g/mol. The zero-order valence-corrected chi connectivity index (χ0v) is 10.1. The summed E-state index contributed by atoms with van der Waals surface area (Å²) in [5, 5.41) is 9.54. The third kappa shape index (κ3) is 4.64. The quantitative estimate of drug-likeness (QED) is 0.840. The van der Waals surface area contributed by atoms with Crippen molar-refractivity contribution in [3.05, 3.63) is 29.8 Å². The number of hydrogen-bond donors (Lipinski definition) is 2. The molecule has 2 atom stereocenters. The van der Waals surface area contributed by atoms with Crippen LogP contribution < -0.4 is 5.73 Å². The maximum Gasteiger partial charge on any atom is 0.0938 e.